The van der Waals surface area contributed by atoms with Gasteiger partial charge in [-0.2, -0.15) is 145 Å². The first-order valence-corrected chi connectivity index (χ1v) is 20.3. The predicted octanol–water partition coefficient (Wildman–Crippen LogP) is 15.9. The van der Waals surface area contributed by atoms with Crippen LogP contribution in [0.15, 0.2) is 0 Å². The van der Waals surface area contributed by atoms with Crippen LogP contribution >= 0.6 is 0 Å². The number of unbranched alkanes of at least 4 members (excludes halogenated alkanes) is 6. The zero-order chi connectivity index (χ0) is 52.6. The van der Waals surface area contributed by atoms with E-state index >= 15 is 0 Å². The van der Waals surface area contributed by atoms with Crippen LogP contribution in [-0.4, -0.2) is 97.8 Å². The summed E-state index contributed by atoms with van der Waals surface area (Å²) >= 11 is 0. The molecule has 0 aliphatic rings. The molecule has 0 aliphatic carbocycles. The van der Waals surface area contributed by atoms with Gasteiger partial charge in [-0.05, 0) is 37.4 Å². The third-order valence-electron chi connectivity index (χ3n) is 9.81. The lowest BCUT2D eigenvalue weighted by molar-refractivity contribution is -0.422. The molecule has 0 rings (SSSR count). The number of hydrogen-bond acceptors (Lipinski definition) is 1. The number of hydrogen-bond donors (Lipinski definition) is 1. The Hall–Kier alpha value is -2.13. The van der Waals surface area contributed by atoms with E-state index in [9.17, 15) is 145 Å². The SMILES string of the molecule is N[Si](CCCCCC(F)(F)C(F)(F)C(F)(F)C(F)(F)C(F)(F)F)(CCCCCC(F)(F)C(F)(F)C(F)(F)C(F)(F)C(F)(F)F)CCCCCC(F)(F)C(F)(F)C(F)(F)C(F)(F)C(F)(F)F. The van der Waals surface area contributed by atoms with E-state index in [2.05, 4.69) is 0 Å². The van der Waals surface area contributed by atoms with Gasteiger partial charge in [0.2, 0.25) is 0 Å². The van der Waals surface area contributed by atoms with Crippen LogP contribution in [0.3, 0.4) is 0 Å². The summed E-state index contributed by atoms with van der Waals surface area (Å²) in [5.41, 5.74) is 0. The van der Waals surface area contributed by atoms with E-state index in [1.165, 1.54) is 0 Å². The third kappa shape index (κ3) is 12.0. The second kappa shape index (κ2) is 19.3. The van der Waals surface area contributed by atoms with Gasteiger partial charge in [-0.25, -0.2) is 0 Å². The zero-order valence-electron chi connectivity index (χ0n) is 31.7. The topological polar surface area (TPSA) is 26.0 Å². The van der Waals surface area contributed by atoms with E-state index in [0.717, 1.165) is 0 Å². The highest BCUT2D eigenvalue weighted by Gasteiger charge is 2.89. The molecule has 0 amide bonds. The standard InChI is InChI=1S/C30H32F33NSi/c31-16(32,19(37,38)22(43,44)25(49,50)28(55,56)57)10-4-1-7-13-65(64,14-8-2-5-11-17(33,34)20(39,40)23(45,46)26(51,52)29(58,59)60)15-9-3-6-12-18(35,36)21(41,42)24(47,48)27(53,54)30(61,62)63/h1-15,64H2. The van der Waals surface area contributed by atoms with Gasteiger partial charge in [0.05, 0.1) is 0 Å². The maximum absolute atomic E-state index is 14.0. The van der Waals surface area contributed by atoms with Crippen molar-refractivity contribution in [2.75, 3.05) is 0 Å². The Morgan fingerprint density at radius 2 is 0.385 bits per heavy atom. The summed E-state index contributed by atoms with van der Waals surface area (Å²) in [6, 6.07) is -1.97. The van der Waals surface area contributed by atoms with Crippen molar-refractivity contribution in [1.29, 1.82) is 0 Å². The Bertz CT molecular complexity index is 1330. The minimum atomic E-state index is -7.77. The van der Waals surface area contributed by atoms with Gasteiger partial charge in [-0.15, -0.1) is 0 Å². The molecule has 0 fully saturated rings. The molecule has 0 aromatic rings. The lowest BCUT2D eigenvalue weighted by Gasteiger charge is -2.37. The van der Waals surface area contributed by atoms with Crippen LogP contribution in [0.25, 0.3) is 0 Å². The van der Waals surface area contributed by atoms with Crippen LogP contribution in [0.4, 0.5) is 145 Å². The van der Waals surface area contributed by atoms with Crippen LogP contribution in [0, 0.1) is 0 Å². The van der Waals surface area contributed by atoms with Crippen molar-refractivity contribution in [2.45, 2.75) is 185 Å². The van der Waals surface area contributed by atoms with Gasteiger partial charge in [0, 0.05) is 19.3 Å². The molecule has 0 aliphatic heterocycles. The van der Waals surface area contributed by atoms with E-state index in [1.807, 2.05) is 0 Å². The Morgan fingerprint density at radius 1 is 0.215 bits per heavy atom. The largest absolute Gasteiger partial charge is 0.460 e. The van der Waals surface area contributed by atoms with Crippen molar-refractivity contribution in [1.82, 2.24) is 0 Å². The van der Waals surface area contributed by atoms with E-state index < -0.39 is 193 Å². The predicted molar refractivity (Wildman–Crippen MR) is 157 cm³/mol. The fraction of sp³-hybridized carbons (Fsp3) is 1.00. The molecule has 392 valence electrons. The summed E-state index contributed by atoms with van der Waals surface area (Å²) in [5.74, 6) is -87.7. The number of alkyl halides is 33. The maximum Gasteiger partial charge on any atom is 0.460 e. The molecule has 0 atom stereocenters. The molecule has 0 saturated carbocycles. The molecule has 0 aromatic heterocycles. The normalized spacial score (nSPS) is 16.2. The van der Waals surface area contributed by atoms with E-state index in [-0.39, 0.29) is 0 Å². The monoisotopic (exact) mass is 1060 g/mol. The zero-order valence-corrected chi connectivity index (χ0v) is 32.7. The summed E-state index contributed by atoms with van der Waals surface area (Å²) in [5, 5.41) is 6.11. The molecule has 0 aromatic carbocycles. The summed E-state index contributed by atoms with van der Waals surface area (Å²) < 4.78 is 437. The highest BCUT2D eigenvalue weighted by molar-refractivity contribution is 6.76. The fourth-order valence-electron chi connectivity index (χ4n) is 5.66. The summed E-state index contributed by atoms with van der Waals surface area (Å²) in [4.78, 5) is 0. The van der Waals surface area contributed by atoms with Crippen molar-refractivity contribution >= 4 is 8.24 Å². The quantitative estimate of drug-likeness (QED) is 0.0495. The average Bonchev–Trinajstić information content (AvgIpc) is 3.08. The first-order valence-electron chi connectivity index (χ1n) is 17.6. The van der Waals surface area contributed by atoms with Crippen molar-refractivity contribution in [3.63, 3.8) is 0 Å². The Morgan fingerprint density at radius 3 is 0.538 bits per heavy atom. The molecule has 0 bridgehead atoms. The van der Waals surface area contributed by atoms with Crippen LogP contribution in [0.1, 0.15) is 77.0 Å². The number of halogens is 33. The Labute approximate surface area is 344 Å². The molecule has 0 spiro atoms. The molecule has 0 heterocycles. The first kappa shape index (κ1) is 62.9. The summed E-state index contributed by atoms with van der Waals surface area (Å²) in [6.07, 6.45) is -39.5. The van der Waals surface area contributed by atoms with Crippen molar-refractivity contribution in [3.8, 4) is 0 Å². The molecule has 65 heavy (non-hydrogen) atoms. The van der Waals surface area contributed by atoms with Gasteiger partial charge in [0.25, 0.3) is 0 Å². The highest BCUT2D eigenvalue weighted by atomic mass is 28.3. The minimum absolute atomic E-state index is 0.656. The molecule has 35 heteroatoms. The Kier molecular flexibility index (Phi) is 18.7. The van der Waals surface area contributed by atoms with Crippen LogP contribution in [-0.2, 0) is 0 Å². The van der Waals surface area contributed by atoms with E-state index in [4.69, 9.17) is 5.40 Å². The molecule has 0 radical (unpaired) electrons. The van der Waals surface area contributed by atoms with Crippen LogP contribution in [0.5, 0.6) is 0 Å². The highest BCUT2D eigenvalue weighted by Crippen LogP contribution is 2.61. The van der Waals surface area contributed by atoms with Gasteiger partial charge >= 0.3 is 89.6 Å². The van der Waals surface area contributed by atoms with Crippen molar-refractivity contribution < 1.29 is 145 Å². The Balaban J connectivity index is 6.09. The smallest absolute Gasteiger partial charge is 0.351 e. The van der Waals surface area contributed by atoms with Gasteiger partial charge in [0.1, 0.15) is 8.24 Å². The number of nitrogens with two attached hydrogens (primary N) is 1. The van der Waals surface area contributed by atoms with Gasteiger partial charge < -0.3 is 5.40 Å². The fourth-order valence-corrected chi connectivity index (χ4v) is 9.28. The molecular weight excluding hydrogens is 1030 g/mol. The second-order valence-electron chi connectivity index (χ2n) is 14.8. The number of rotatable bonds is 27. The summed E-state index contributed by atoms with van der Waals surface area (Å²) in [6.45, 7) is 0. The van der Waals surface area contributed by atoms with Gasteiger partial charge in [0.15, 0.2) is 0 Å². The molecular formula is C30H32F33NSi. The van der Waals surface area contributed by atoms with Crippen LogP contribution in [0.2, 0.25) is 18.1 Å². The van der Waals surface area contributed by atoms with Crippen molar-refractivity contribution in [2.24, 2.45) is 5.40 Å². The molecule has 0 saturated heterocycles. The summed E-state index contributed by atoms with van der Waals surface area (Å²) in [7, 11) is -3.91. The molecule has 1 nitrogen and oxygen atoms in total. The molecule has 0 unspecified atom stereocenters. The average molecular weight is 1060 g/mol. The van der Waals surface area contributed by atoms with Crippen molar-refractivity contribution in [3.05, 3.63) is 0 Å². The third-order valence-corrected chi connectivity index (χ3v) is 13.9. The van der Waals surface area contributed by atoms with Crippen LogP contribution < -0.4 is 5.40 Å². The maximum atomic E-state index is 14.0. The van der Waals surface area contributed by atoms with Gasteiger partial charge in [-0.1, -0.05) is 38.5 Å². The second-order valence-corrected chi connectivity index (χ2v) is 19.0. The first-order chi connectivity index (χ1) is 28.1. The molecule has 2 N–H and O–H groups in total. The lowest BCUT2D eigenvalue weighted by Crippen LogP contribution is -2.66. The van der Waals surface area contributed by atoms with E-state index in [0.29, 0.717) is 0 Å². The van der Waals surface area contributed by atoms with E-state index in [1.54, 1.807) is 0 Å². The van der Waals surface area contributed by atoms with Gasteiger partial charge in [-0.3, -0.25) is 0 Å². The minimum Gasteiger partial charge on any atom is -0.351 e. The lowest BCUT2D eigenvalue weighted by atomic mass is 9.94.